The number of quaternary nitrogens is 1. The Morgan fingerprint density at radius 3 is 2.80 bits per heavy atom. The number of carbonyl (C=O) groups excluding carboxylic acids is 2. The van der Waals surface area contributed by atoms with Gasteiger partial charge >= 0.3 is 5.97 Å². The summed E-state index contributed by atoms with van der Waals surface area (Å²) in [5.74, 6) is 0.472. The Morgan fingerprint density at radius 1 is 1.35 bits per heavy atom. The summed E-state index contributed by atoms with van der Waals surface area (Å²) in [4.78, 5) is 25.0. The van der Waals surface area contributed by atoms with Crippen molar-refractivity contribution >= 4 is 11.9 Å². The Morgan fingerprint density at radius 2 is 2.10 bits per heavy atom. The minimum Gasteiger partial charge on any atom is -0.466 e. The molecule has 20 heavy (non-hydrogen) atoms. The second-order valence-corrected chi connectivity index (χ2v) is 5.97. The lowest BCUT2D eigenvalue weighted by molar-refractivity contribution is -0.920. The normalized spacial score (nSPS) is 27.9. The number of amides is 1. The summed E-state index contributed by atoms with van der Waals surface area (Å²) in [6.45, 7) is 4.85. The summed E-state index contributed by atoms with van der Waals surface area (Å²) >= 11 is 0. The van der Waals surface area contributed by atoms with Gasteiger partial charge in [-0.1, -0.05) is 19.3 Å². The maximum atomic E-state index is 12.0. The number of hydrogen-bond acceptors (Lipinski definition) is 3. The van der Waals surface area contributed by atoms with E-state index >= 15 is 0 Å². The molecular weight excluding hydrogens is 256 g/mol. The number of esters is 1. The van der Waals surface area contributed by atoms with Crippen LogP contribution in [-0.2, 0) is 14.3 Å². The number of nitrogens with one attached hydrogen (secondary N) is 2. The van der Waals surface area contributed by atoms with Crippen molar-refractivity contribution in [1.82, 2.24) is 5.32 Å². The molecule has 0 aromatic carbocycles. The highest BCUT2D eigenvalue weighted by Gasteiger charge is 2.37. The van der Waals surface area contributed by atoms with E-state index in [1.165, 1.54) is 37.0 Å². The average Bonchev–Trinajstić information content (AvgIpc) is 2.44. The summed E-state index contributed by atoms with van der Waals surface area (Å²) in [6.07, 6.45) is 6.73. The SMILES string of the molecule is CCOC(=O)C[C@@H]1C(=O)NCC[NH+]1CC1CCCCC1. The van der Waals surface area contributed by atoms with Crippen LogP contribution in [0.15, 0.2) is 0 Å². The fraction of sp³-hybridized carbons (Fsp3) is 0.867. The van der Waals surface area contributed by atoms with Gasteiger partial charge in [0.1, 0.15) is 6.42 Å². The van der Waals surface area contributed by atoms with Crippen molar-refractivity contribution in [2.75, 3.05) is 26.2 Å². The third kappa shape index (κ3) is 4.20. The Bertz CT molecular complexity index is 340. The third-order valence-corrected chi connectivity index (χ3v) is 4.51. The zero-order valence-electron chi connectivity index (χ0n) is 12.5. The third-order valence-electron chi connectivity index (χ3n) is 4.51. The Kier molecular flexibility index (Phi) is 5.83. The second kappa shape index (κ2) is 7.62. The van der Waals surface area contributed by atoms with Crippen molar-refractivity contribution in [2.24, 2.45) is 5.92 Å². The average molecular weight is 283 g/mol. The van der Waals surface area contributed by atoms with Crippen LogP contribution < -0.4 is 10.2 Å². The maximum absolute atomic E-state index is 12.0. The Balaban J connectivity index is 1.92. The molecule has 5 heteroatoms. The highest BCUT2D eigenvalue weighted by Crippen LogP contribution is 2.22. The first-order valence-electron chi connectivity index (χ1n) is 7.98. The Labute approximate surface area is 121 Å². The monoisotopic (exact) mass is 283 g/mol. The van der Waals surface area contributed by atoms with E-state index in [0.29, 0.717) is 12.5 Å². The van der Waals surface area contributed by atoms with Crippen LogP contribution in [0.2, 0.25) is 0 Å². The van der Waals surface area contributed by atoms with Gasteiger partial charge in [0.2, 0.25) is 0 Å². The number of ether oxygens (including phenoxy) is 1. The maximum Gasteiger partial charge on any atom is 0.312 e. The van der Waals surface area contributed by atoms with Gasteiger partial charge in [0, 0.05) is 5.92 Å². The molecule has 0 bridgehead atoms. The van der Waals surface area contributed by atoms with E-state index in [2.05, 4.69) is 5.32 Å². The van der Waals surface area contributed by atoms with Gasteiger partial charge in [0.15, 0.2) is 6.04 Å². The van der Waals surface area contributed by atoms with Gasteiger partial charge in [-0.05, 0) is 19.8 Å². The van der Waals surface area contributed by atoms with Crippen LogP contribution in [0.3, 0.4) is 0 Å². The van der Waals surface area contributed by atoms with E-state index in [4.69, 9.17) is 4.74 Å². The van der Waals surface area contributed by atoms with Crippen LogP contribution in [0.5, 0.6) is 0 Å². The van der Waals surface area contributed by atoms with Gasteiger partial charge in [0.05, 0.1) is 26.2 Å². The Hall–Kier alpha value is -1.10. The first-order valence-corrected chi connectivity index (χ1v) is 7.98. The van der Waals surface area contributed by atoms with E-state index in [9.17, 15) is 9.59 Å². The standard InChI is InChI=1S/C15H26N2O3/c1-2-20-14(18)10-13-15(19)16-8-9-17(13)11-12-6-4-3-5-7-12/h12-13H,2-11H2,1H3,(H,16,19)/p+1/t13-/m1/s1. The van der Waals surface area contributed by atoms with Crippen LogP contribution in [0, 0.1) is 5.92 Å². The van der Waals surface area contributed by atoms with Gasteiger partial charge in [-0.15, -0.1) is 0 Å². The molecule has 2 rings (SSSR count). The molecular formula is C15H27N2O3+. The predicted octanol–water partition coefficient (Wildman–Crippen LogP) is -0.0968. The molecule has 2 aliphatic rings. The van der Waals surface area contributed by atoms with E-state index in [1.54, 1.807) is 6.92 Å². The van der Waals surface area contributed by atoms with Crippen LogP contribution in [0.1, 0.15) is 45.4 Å². The number of carbonyl (C=O) groups is 2. The summed E-state index contributed by atoms with van der Waals surface area (Å²) in [7, 11) is 0. The summed E-state index contributed by atoms with van der Waals surface area (Å²) in [5.41, 5.74) is 0. The minimum atomic E-state index is -0.260. The van der Waals surface area contributed by atoms with E-state index in [0.717, 1.165) is 19.6 Å². The molecule has 2 atom stereocenters. The molecule has 2 N–H and O–H groups in total. The van der Waals surface area contributed by atoms with Crippen LogP contribution >= 0.6 is 0 Å². The first-order chi connectivity index (χ1) is 9.70. The highest BCUT2D eigenvalue weighted by atomic mass is 16.5. The van der Waals surface area contributed by atoms with E-state index in [-0.39, 0.29) is 24.3 Å². The van der Waals surface area contributed by atoms with Crippen molar-refractivity contribution in [3.05, 3.63) is 0 Å². The quantitative estimate of drug-likeness (QED) is 0.693. The smallest absolute Gasteiger partial charge is 0.312 e. The van der Waals surface area contributed by atoms with Gasteiger partial charge in [-0.3, -0.25) is 9.59 Å². The lowest BCUT2D eigenvalue weighted by Crippen LogP contribution is -3.20. The molecule has 1 unspecified atom stereocenters. The van der Waals surface area contributed by atoms with Crippen molar-refractivity contribution in [1.29, 1.82) is 0 Å². The molecule has 0 spiro atoms. The fourth-order valence-corrected chi connectivity index (χ4v) is 3.46. The largest absolute Gasteiger partial charge is 0.466 e. The van der Waals surface area contributed by atoms with Gasteiger partial charge in [-0.25, -0.2) is 0 Å². The van der Waals surface area contributed by atoms with Gasteiger partial charge in [-0.2, -0.15) is 0 Å². The van der Waals surface area contributed by atoms with Crippen molar-refractivity contribution in [3.63, 3.8) is 0 Å². The van der Waals surface area contributed by atoms with Crippen LogP contribution in [0.4, 0.5) is 0 Å². The minimum absolute atomic E-state index is 0.00936. The van der Waals surface area contributed by atoms with E-state index < -0.39 is 0 Å². The summed E-state index contributed by atoms with van der Waals surface area (Å²) < 4.78 is 5.00. The van der Waals surface area contributed by atoms with E-state index in [1.807, 2.05) is 0 Å². The zero-order valence-corrected chi connectivity index (χ0v) is 12.5. The topological polar surface area (TPSA) is 59.8 Å². The molecule has 0 radical (unpaired) electrons. The summed E-state index contributed by atoms with van der Waals surface area (Å²) in [5, 5.41) is 2.88. The summed E-state index contributed by atoms with van der Waals surface area (Å²) in [6, 6.07) is -0.260. The molecule has 2 fully saturated rings. The van der Waals surface area contributed by atoms with Crippen molar-refractivity contribution in [2.45, 2.75) is 51.5 Å². The first kappa shape index (κ1) is 15.3. The fourth-order valence-electron chi connectivity index (χ4n) is 3.46. The van der Waals surface area contributed by atoms with Crippen LogP contribution in [-0.4, -0.2) is 44.2 Å². The number of rotatable bonds is 5. The predicted molar refractivity (Wildman–Crippen MR) is 75.3 cm³/mol. The highest BCUT2D eigenvalue weighted by molar-refractivity contribution is 5.85. The molecule has 1 saturated heterocycles. The molecule has 1 heterocycles. The number of hydrogen-bond donors (Lipinski definition) is 2. The molecule has 5 nitrogen and oxygen atoms in total. The lowest BCUT2D eigenvalue weighted by atomic mass is 9.88. The molecule has 114 valence electrons. The van der Waals surface area contributed by atoms with Crippen LogP contribution in [0.25, 0.3) is 0 Å². The number of piperazine rings is 1. The molecule has 1 aliphatic carbocycles. The van der Waals surface area contributed by atoms with Crippen molar-refractivity contribution < 1.29 is 19.2 Å². The van der Waals surface area contributed by atoms with Gasteiger partial charge in [0.25, 0.3) is 5.91 Å². The van der Waals surface area contributed by atoms with Gasteiger partial charge < -0.3 is 15.0 Å². The molecule has 0 aromatic heterocycles. The lowest BCUT2D eigenvalue weighted by Gasteiger charge is -2.34. The molecule has 1 aliphatic heterocycles. The zero-order chi connectivity index (χ0) is 14.4. The van der Waals surface area contributed by atoms with Crippen molar-refractivity contribution in [3.8, 4) is 0 Å². The molecule has 1 amide bonds. The molecule has 0 aromatic rings. The molecule has 1 saturated carbocycles. The second-order valence-electron chi connectivity index (χ2n) is 5.97.